The maximum absolute atomic E-state index is 13.7. The molecule has 0 amide bonds. The van der Waals surface area contributed by atoms with Gasteiger partial charge in [0.05, 0.1) is 13.2 Å². The number of aromatic nitrogens is 1. The standard InChI is InChI=1S/C13H18F4N2O2/c1-3-20-7-5-19(6-8-21-4-2)11-9(14)12(16)18-13(17)10(11)15/h3-8H2,1-2H3. The van der Waals surface area contributed by atoms with Gasteiger partial charge in [-0.3, -0.25) is 0 Å². The van der Waals surface area contributed by atoms with Crippen LogP contribution < -0.4 is 4.90 Å². The van der Waals surface area contributed by atoms with Gasteiger partial charge < -0.3 is 14.4 Å². The van der Waals surface area contributed by atoms with Crippen molar-refractivity contribution in [2.24, 2.45) is 0 Å². The third kappa shape index (κ3) is 4.82. The zero-order chi connectivity index (χ0) is 15.8. The molecule has 0 N–H and O–H groups in total. The second-order valence-corrected chi connectivity index (χ2v) is 4.05. The van der Waals surface area contributed by atoms with Crippen LogP contribution in [0.5, 0.6) is 0 Å². The lowest BCUT2D eigenvalue weighted by Gasteiger charge is -2.25. The Bertz CT molecular complexity index is 424. The van der Waals surface area contributed by atoms with Gasteiger partial charge in [-0.15, -0.1) is 0 Å². The third-order valence-corrected chi connectivity index (χ3v) is 2.71. The molecule has 0 bridgehead atoms. The molecule has 1 heterocycles. The molecular formula is C13H18F4N2O2. The van der Waals surface area contributed by atoms with Crippen LogP contribution in [-0.2, 0) is 9.47 Å². The fourth-order valence-corrected chi connectivity index (χ4v) is 1.73. The summed E-state index contributed by atoms with van der Waals surface area (Å²) in [6, 6.07) is 0. The molecule has 1 aromatic heterocycles. The Balaban J connectivity index is 3.00. The molecule has 0 aliphatic rings. The molecule has 0 aromatic carbocycles. The third-order valence-electron chi connectivity index (χ3n) is 2.71. The minimum absolute atomic E-state index is 0.0671. The summed E-state index contributed by atoms with van der Waals surface area (Å²) in [6.07, 6.45) is 0. The van der Waals surface area contributed by atoms with E-state index in [9.17, 15) is 17.6 Å². The number of hydrogen-bond acceptors (Lipinski definition) is 4. The van der Waals surface area contributed by atoms with Crippen LogP contribution in [0.2, 0.25) is 0 Å². The maximum Gasteiger partial charge on any atom is 0.253 e. The Hall–Kier alpha value is -1.41. The van der Waals surface area contributed by atoms with Crippen molar-refractivity contribution < 1.29 is 27.0 Å². The molecule has 0 radical (unpaired) electrons. The van der Waals surface area contributed by atoms with E-state index in [0.717, 1.165) is 4.90 Å². The maximum atomic E-state index is 13.7. The predicted molar refractivity (Wildman–Crippen MR) is 69.3 cm³/mol. The zero-order valence-electron chi connectivity index (χ0n) is 12.0. The summed E-state index contributed by atoms with van der Waals surface area (Å²) in [5, 5.41) is 0. The van der Waals surface area contributed by atoms with Crippen LogP contribution in [0.25, 0.3) is 0 Å². The van der Waals surface area contributed by atoms with Crippen molar-refractivity contribution in [3.05, 3.63) is 23.5 Å². The van der Waals surface area contributed by atoms with Crippen molar-refractivity contribution in [2.45, 2.75) is 13.8 Å². The minimum atomic E-state index is -1.68. The fraction of sp³-hybridized carbons (Fsp3) is 0.615. The van der Waals surface area contributed by atoms with Crippen molar-refractivity contribution >= 4 is 5.69 Å². The molecule has 0 aliphatic heterocycles. The Morgan fingerprint density at radius 1 is 0.857 bits per heavy atom. The van der Waals surface area contributed by atoms with Crippen LogP contribution in [0.4, 0.5) is 23.2 Å². The van der Waals surface area contributed by atoms with Crippen LogP contribution in [0.3, 0.4) is 0 Å². The molecule has 0 aliphatic carbocycles. The normalized spacial score (nSPS) is 11.0. The van der Waals surface area contributed by atoms with Crippen LogP contribution in [0.15, 0.2) is 0 Å². The highest BCUT2D eigenvalue weighted by molar-refractivity contribution is 5.48. The van der Waals surface area contributed by atoms with E-state index >= 15 is 0 Å². The highest BCUT2D eigenvalue weighted by Gasteiger charge is 2.25. The first-order valence-corrected chi connectivity index (χ1v) is 6.63. The van der Waals surface area contributed by atoms with Gasteiger partial charge in [-0.25, -0.2) is 0 Å². The Morgan fingerprint density at radius 3 is 1.67 bits per heavy atom. The zero-order valence-corrected chi connectivity index (χ0v) is 12.0. The first-order valence-electron chi connectivity index (χ1n) is 6.63. The van der Waals surface area contributed by atoms with E-state index in [4.69, 9.17) is 9.47 Å². The molecule has 1 aromatic rings. The van der Waals surface area contributed by atoms with E-state index in [1.165, 1.54) is 0 Å². The Morgan fingerprint density at radius 2 is 1.29 bits per heavy atom. The minimum Gasteiger partial charge on any atom is -0.380 e. The summed E-state index contributed by atoms with van der Waals surface area (Å²) in [5.41, 5.74) is -0.792. The van der Waals surface area contributed by atoms with Crippen LogP contribution in [0.1, 0.15) is 13.8 Å². The molecule has 0 spiro atoms. The molecule has 0 saturated carbocycles. The summed E-state index contributed by atoms with van der Waals surface area (Å²) in [7, 11) is 0. The molecule has 0 unspecified atom stereocenters. The summed E-state index contributed by atoms with van der Waals surface area (Å²) >= 11 is 0. The summed E-state index contributed by atoms with van der Waals surface area (Å²) in [5.74, 6) is -6.41. The topological polar surface area (TPSA) is 34.6 Å². The molecule has 0 saturated heterocycles. The van der Waals surface area contributed by atoms with Crippen molar-refractivity contribution in [3.63, 3.8) is 0 Å². The number of halogens is 4. The lowest BCUT2D eigenvalue weighted by atomic mass is 10.3. The summed E-state index contributed by atoms with van der Waals surface area (Å²) in [4.78, 5) is 3.68. The summed E-state index contributed by atoms with van der Waals surface area (Å²) in [6.45, 7) is 4.82. The quantitative estimate of drug-likeness (QED) is 0.399. The number of nitrogens with zero attached hydrogens (tertiary/aromatic N) is 2. The SMILES string of the molecule is CCOCCN(CCOCC)c1c(F)c(F)nc(F)c1F. The molecular weight excluding hydrogens is 292 g/mol. The largest absolute Gasteiger partial charge is 0.380 e. The second-order valence-electron chi connectivity index (χ2n) is 4.05. The van der Waals surface area contributed by atoms with E-state index in [1.807, 2.05) is 0 Å². The first kappa shape index (κ1) is 17.6. The highest BCUT2D eigenvalue weighted by atomic mass is 19.2. The molecule has 1 rings (SSSR count). The van der Waals surface area contributed by atoms with E-state index in [1.54, 1.807) is 13.8 Å². The van der Waals surface area contributed by atoms with Gasteiger partial charge in [-0.05, 0) is 13.8 Å². The van der Waals surface area contributed by atoms with Crippen molar-refractivity contribution in [1.29, 1.82) is 0 Å². The molecule has 8 heteroatoms. The van der Waals surface area contributed by atoms with Gasteiger partial charge in [-0.2, -0.15) is 22.5 Å². The van der Waals surface area contributed by atoms with Crippen LogP contribution in [0, 0.1) is 23.5 Å². The van der Waals surface area contributed by atoms with Gasteiger partial charge in [0.1, 0.15) is 5.69 Å². The number of ether oxygens (including phenoxy) is 2. The van der Waals surface area contributed by atoms with Crippen LogP contribution >= 0.6 is 0 Å². The van der Waals surface area contributed by atoms with E-state index < -0.39 is 29.2 Å². The van der Waals surface area contributed by atoms with Gasteiger partial charge in [0, 0.05) is 26.3 Å². The lowest BCUT2D eigenvalue weighted by Crippen LogP contribution is -2.33. The van der Waals surface area contributed by atoms with Crippen molar-refractivity contribution in [2.75, 3.05) is 44.4 Å². The Labute approximate surface area is 120 Å². The van der Waals surface area contributed by atoms with Gasteiger partial charge in [0.25, 0.3) is 11.9 Å². The smallest absolute Gasteiger partial charge is 0.253 e. The van der Waals surface area contributed by atoms with Gasteiger partial charge in [0.15, 0.2) is 0 Å². The average Bonchev–Trinajstić information content (AvgIpc) is 2.45. The van der Waals surface area contributed by atoms with Crippen molar-refractivity contribution in [1.82, 2.24) is 4.98 Å². The average molecular weight is 310 g/mol. The van der Waals surface area contributed by atoms with E-state index in [-0.39, 0.29) is 26.3 Å². The molecule has 0 fully saturated rings. The Kier molecular flexibility index (Phi) is 7.38. The first-order chi connectivity index (χ1) is 10.0. The van der Waals surface area contributed by atoms with Crippen molar-refractivity contribution in [3.8, 4) is 0 Å². The van der Waals surface area contributed by atoms with Gasteiger partial charge >= 0.3 is 0 Å². The summed E-state index contributed by atoms with van der Waals surface area (Å²) < 4.78 is 64.0. The van der Waals surface area contributed by atoms with E-state index in [2.05, 4.69) is 4.98 Å². The lowest BCUT2D eigenvalue weighted by molar-refractivity contribution is 0.141. The van der Waals surface area contributed by atoms with E-state index in [0.29, 0.717) is 13.2 Å². The number of hydrogen-bond donors (Lipinski definition) is 0. The van der Waals surface area contributed by atoms with Gasteiger partial charge in [0.2, 0.25) is 11.6 Å². The molecule has 120 valence electrons. The molecule has 4 nitrogen and oxygen atoms in total. The molecule has 0 atom stereocenters. The number of pyridine rings is 1. The fourth-order valence-electron chi connectivity index (χ4n) is 1.73. The van der Waals surface area contributed by atoms with Crippen LogP contribution in [-0.4, -0.2) is 44.5 Å². The predicted octanol–water partition coefficient (Wildman–Crippen LogP) is 2.52. The monoisotopic (exact) mass is 310 g/mol. The number of rotatable bonds is 9. The molecule has 21 heavy (non-hydrogen) atoms. The highest BCUT2D eigenvalue weighted by Crippen LogP contribution is 2.26. The van der Waals surface area contributed by atoms with Gasteiger partial charge in [-0.1, -0.05) is 0 Å². The second kappa shape index (κ2) is 8.78. The number of anilines is 1.